The maximum absolute atomic E-state index is 13.2. The van der Waals surface area contributed by atoms with Gasteiger partial charge in [0.2, 0.25) is 23.3 Å². The number of ether oxygens (including phenoxy) is 1. The van der Waals surface area contributed by atoms with Gasteiger partial charge in [-0.25, -0.2) is 26.3 Å². The fraction of sp³-hybridized carbons (Fsp3) is 0.429. The van der Waals surface area contributed by atoms with Crippen LogP contribution in [0, 0.1) is 0 Å². The van der Waals surface area contributed by atoms with Crippen LogP contribution in [0.2, 0.25) is 0 Å². The third kappa shape index (κ3) is 6.04. The van der Waals surface area contributed by atoms with E-state index in [0.29, 0.717) is 0 Å². The predicted molar refractivity (Wildman–Crippen MR) is 70.0 cm³/mol. The number of hydrogen-bond donors (Lipinski definition) is 0. The average molecular weight is 602 g/mol. The van der Waals surface area contributed by atoms with Crippen LogP contribution in [0.3, 0.4) is 0 Å². The molecule has 0 aromatic carbocycles. The van der Waals surface area contributed by atoms with Crippen LogP contribution in [-0.4, -0.2) is 36.0 Å². The molecule has 216 valence electrons. The third-order valence-corrected chi connectivity index (χ3v) is 3.46. The molecule has 0 radical (unpaired) electrons. The quantitative estimate of drug-likeness (QED) is 0.168. The predicted octanol–water partition coefficient (Wildman–Crippen LogP) is 9.19. The molecular formula is C14F22O. The molecular weight excluding hydrogens is 602 g/mol. The normalized spacial score (nSPS) is 17.6. The topological polar surface area (TPSA) is 9.23 Å². The van der Waals surface area contributed by atoms with E-state index in [9.17, 15) is 96.6 Å². The van der Waals surface area contributed by atoms with Gasteiger partial charge in [0, 0.05) is 0 Å². The van der Waals surface area contributed by atoms with Crippen molar-refractivity contribution in [1.82, 2.24) is 0 Å². The Morgan fingerprint density at radius 2 is 0.514 bits per heavy atom. The van der Waals surface area contributed by atoms with Gasteiger partial charge in [-0.05, 0) is 0 Å². The summed E-state index contributed by atoms with van der Waals surface area (Å²) in [7, 11) is 0. The summed E-state index contributed by atoms with van der Waals surface area (Å²) < 4.78 is 281. The lowest BCUT2D eigenvalue weighted by Crippen LogP contribution is -2.54. The molecule has 0 atom stereocenters. The molecule has 0 aliphatic heterocycles. The fourth-order valence-corrected chi connectivity index (χ4v) is 1.66. The van der Waals surface area contributed by atoms with Gasteiger partial charge in [-0.2, -0.15) is 70.2 Å². The maximum Gasteiger partial charge on any atom is 0.438 e. The van der Waals surface area contributed by atoms with Crippen LogP contribution in [0.15, 0.2) is 47.0 Å². The molecule has 0 aliphatic rings. The Labute approximate surface area is 185 Å². The molecule has 37 heavy (non-hydrogen) atoms. The van der Waals surface area contributed by atoms with Gasteiger partial charge in [0.15, 0.2) is 11.7 Å². The van der Waals surface area contributed by atoms with Gasteiger partial charge in [0.1, 0.15) is 0 Å². The maximum atomic E-state index is 13.2. The Kier molecular flexibility index (Phi) is 9.41. The molecule has 0 rings (SSSR count). The van der Waals surface area contributed by atoms with Crippen LogP contribution < -0.4 is 0 Å². The van der Waals surface area contributed by atoms with E-state index in [1.165, 1.54) is 0 Å². The van der Waals surface area contributed by atoms with Crippen LogP contribution in [0.5, 0.6) is 0 Å². The molecule has 0 bridgehead atoms. The summed E-state index contributed by atoms with van der Waals surface area (Å²) in [5.74, 6) is -27.3. The Bertz CT molecular complexity index is 886. The zero-order valence-corrected chi connectivity index (χ0v) is 15.7. The molecule has 0 heterocycles. The van der Waals surface area contributed by atoms with Gasteiger partial charge in [-0.3, -0.25) is 0 Å². The van der Waals surface area contributed by atoms with Crippen LogP contribution >= 0.6 is 0 Å². The average Bonchev–Trinajstić information content (AvgIpc) is 2.71. The second kappa shape index (κ2) is 10.2. The third-order valence-electron chi connectivity index (χ3n) is 3.46. The summed E-state index contributed by atoms with van der Waals surface area (Å²) in [6, 6.07) is -8.28. The van der Waals surface area contributed by atoms with E-state index in [0.717, 1.165) is 0 Å². The molecule has 0 aromatic heterocycles. The Hall–Kier alpha value is -2.78. The van der Waals surface area contributed by atoms with Crippen LogP contribution in [0.1, 0.15) is 0 Å². The van der Waals surface area contributed by atoms with E-state index >= 15 is 0 Å². The lowest BCUT2D eigenvalue weighted by molar-refractivity contribution is -0.332. The van der Waals surface area contributed by atoms with Gasteiger partial charge in [0.25, 0.3) is 0 Å². The molecule has 0 spiro atoms. The minimum Gasteiger partial charge on any atom is -0.399 e. The molecule has 0 unspecified atom stereocenters. The Morgan fingerprint density at radius 1 is 0.324 bits per heavy atom. The SMILES string of the molecule is FC(OC(F)=C(F)C(F)=C(F)C(F)(C(F)(F)F)C(F)(F)F)=C(F)C(F)=C(F)C(F)(C(F)(F)F)C(F)(F)F. The van der Waals surface area contributed by atoms with Crippen molar-refractivity contribution in [3.63, 3.8) is 0 Å². The molecule has 0 saturated carbocycles. The largest absolute Gasteiger partial charge is 0.438 e. The number of halogens is 22. The highest BCUT2D eigenvalue weighted by Crippen LogP contribution is 2.54. The first-order valence-corrected chi connectivity index (χ1v) is 7.57. The highest BCUT2D eigenvalue weighted by molar-refractivity contribution is 5.33. The monoisotopic (exact) mass is 602 g/mol. The van der Waals surface area contributed by atoms with E-state index in [4.69, 9.17) is 0 Å². The summed E-state index contributed by atoms with van der Waals surface area (Å²) in [5, 5.41) is 0. The summed E-state index contributed by atoms with van der Waals surface area (Å²) >= 11 is 0. The number of rotatable bonds is 6. The van der Waals surface area contributed by atoms with Crippen LogP contribution in [0.4, 0.5) is 96.6 Å². The molecule has 0 saturated heterocycles. The van der Waals surface area contributed by atoms with E-state index in [1.807, 2.05) is 0 Å². The highest BCUT2D eigenvalue weighted by Gasteiger charge is 2.77. The zero-order chi connectivity index (χ0) is 30.3. The van der Waals surface area contributed by atoms with Gasteiger partial charge < -0.3 is 4.74 Å². The van der Waals surface area contributed by atoms with Gasteiger partial charge in [-0.15, -0.1) is 0 Å². The number of alkyl halides is 14. The van der Waals surface area contributed by atoms with E-state index < -0.39 is 83.0 Å². The standard InChI is InChI=1S/C14F22O/c15-1(5(19)9(23,11(25,26)27)12(28,29)30)3(17)7(21)37-8(22)4(18)2(16)6(20)10(24,13(31,32)33)14(34,35)36. The van der Waals surface area contributed by atoms with E-state index in [1.54, 1.807) is 0 Å². The highest BCUT2D eigenvalue weighted by atomic mass is 19.4. The van der Waals surface area contributed by atoms with Crippen molar-refractivity contribution in [3.8, 4) is 0 Å². The molecule has 1 nitrogen and oxygen atoms in total. The smallest absolute Gasteiger partial charge is 0.399 e. The van der Waals surface area contributed by atoms with Crippen molar-refractivity contribution >= 4 is 0 Å². The minimum atomic E-state index is -7.51. The summed E-state index contributed by atoms with van der Waals surface area (Å²) in [4.78, 5) is 0. The first-order chi connectivity index (χ1) is 16.0. The summed E-state index contributed by atoms with van der Waals surface area (Å²) in [5.41, 5.74) is -14.9. The molecule has 23 heteroatoms. The summed E-state index contributed by atoms with van der Waals surface area (Å²) in [6.07, 6.45) is -30.0. The molecule has 0 aromatic rings. The summed E-state index contributed by atoms with van der Waals surface area (Å²) in [6.45, 7) is 0. The van der Waals surface area contributed by atoms with Crippen molar-refractivity contribution < 1.29 is 101 Å². The van der Waals surface area contributed by atoms with Crippen molar-refractivity contribution in [2.45, 2.75) is 36.0 Å². The van der Waals surface area contributed by atoms with Crippen molar-refractivity contribution in [2.24, 2.45) is 0 Å². The lowest BCUT2D eigenvalue weighted by atomic mass is 10.0. The second-order valence-electron chi connectivity index (χ2n) is 5.84. The molecule has 0 fully saturated rings. The van der Waals surface area contributed by atoms with Gasteiger partial charge in [-0.1, -0.05) is 0 Å². The number of hydrogen-bond acceptors (Lipinski definition) is 1. The van der Waals surface area contributed by atoms with Crippen molar-refractivity contribution in [2.75, 3.05) is 0 Å². The second-order valence-corrected chi connectivity index (χ2v) is 5.84. The Balaban J connectivity index is 6.83. The minimum absolute atomic E-state index is 2.31. The van der Waals surface area contributed by atoms with Crippen molar-refractivity contribution in [3.05, 3.63) is 47.0 Å². The van der Waals surface area contributed by atoms with Crippen LogP contribution in [0.25, 0.3) is 0 Å². The van der Waals surface area contributed by atoms with Crippen LogP contribution in [-0.2, 0) is 4.74 Å². The Morgan fingerprint density at radius 3 is 0.676 bits per heavy atom. The van der Waals surface area contributed by atoms with Gasteiger partial charge in [0.05, 0.1) is 0 Å². The zero-order valence-electron chi connectivity index (χ0n) is 15.7. The van der Waals surface area contributed by atoms with Crippen molar-refractivity contribution in [1.29, 1.82) is 0 Å². The number of allylic oxidation sites excluding steroid dienone is 6. The molecule has 0 aliphatic carbocycles. The fourth-order valence-electron chi connectivity index (χ4n) is 1.66. The lowest BCUT2D eigenvalue weighted by Gasteiger charge is -2.28. The van der Waals surface area contributed by atoms with E-state index in [2.05, 4.69) is 4.74 Å². The first kappa shape index (κ1) is 34.2. The molecule has 0 amide bonds. The van der Waals surface area contributed by atoms with Gasteiger partial charge >= 0.3 is 48.1 Å². The molecule has 0 N–H and O–H groups in total. The van der Waals surface area contributed by atoms with E-state index in [-0.39, 0.29) is 0 Å². The first-order valence-electron chi connectivity index (χ1n) is 7.57.